The summed E-state index contributed by atoms with van der Waals surface area (Å²) in [4.78, 5) is 26.6. The highest BCUT2D eigenvalue weighted by molar-refractivity contribution is 5.80. The Hall–Kier alpha value is -2.12. The third kappa shape index (κ3) is 42.4. The molecule has 0 spiro atoms. The number of carbonyl (C=O) groups is 2. The molecule has 0 bridgehead atoms. The van der Waals surface area contributed by atoms with Crippen LogP contribution in [-0.2, 0) is 23.8 Å². The highest BCUT2D eigenvalue weighted by Gasteiger charge is 2.47. The van der Waals surface area contributed by atoms with E-state index in [4.69, 9.17) is 14.2 Å². The van der Waals surface area contributed by atoms with Crippen LogP contribution in [0.2, 0.25) is 0 Å². The van der Waals surface area contributed by atoms with Crippen molar-refractivity contribution in [3.05, 3.63) is 36.5 Å². The number of ether oxygens (including phenoxy) is 3. The van der Waals surface area contributed by atoms with Crippen molar-refractivity contribution < 1.29 is 49.3 Å². The van der Waals surface area contributed by atoms with Gasteiger partial charge in [-0.05, 0) is 57.8 Å². The number of rotatable bonds is 56. The predicted octanol–water partition coefficient (Wildman–Crippen LogP) is 15.8. The van der Waals surface area contributed by atoms with Gasteiger partial charge in [-0.3, -0.25) is 9.59 Å². The number of allylic oxidation sites excluding steroid dienone is 5. The van der Waals surface area contributed by atoms with Crippen LogP contribution in [0.25, 0.3) is 0 Å². The molecule has 11 heteroatoms. The molecule has 1 aliphatic rings. The fraction of sp³-hybridized carbons (Fsp3) is 0.879. The van der Waals surface area contributed by atoms with Crippen molar-refractivity contribution in [1.82, 2.24) is 5.32 Å². The van der Waals surface area contributed by atoms with Crippen LogP contribution < -0.4 is 5.32 Å². The predicted molar refractivity (Wildman–Crippen MR) is 320 cm³/mol. The Morgan fingerprint density at radius 1 is 0.506 bits per heavy atom. The van der Waals surface area contributed by atoms with Crippen LogP contribution in [0.1, 0.15) is 310 Å². The molecule has 8 unspecified atom stereocenters. The van der Waals surface area contributed by atoms with Gasteiger partial charge in [0, 0.05) is 6.42 Å². The Bertz CT molecular complexity index is 1390. The molecule has 0 saturated carbocycles. The summed E-state index contributed by atoms with van der Waals surface area (Å²) < 4.78 is 17.7. The Balaban J connectivity index is 2.65. The number of hydrogen-bond acceptors (Lipinski definition) is 10. The molecule has 0 radical (unpaired) electrons. The largest absolute Gasteiger partial charge is 0.454 e. The molecule has 0 aromatic rings. The second-order valence-electron chi connectivity index (χ2n) is 22.9. The van der Waals surface area contributed by atoms with Crippen LogP contribution in [0, 0.1) is 0 Å². The minimum absolute atomic E-state index is 0.128. The summed E-state index contributed by atoms with van der Waals surface area (Å²) in [6.45, 7) is 5.80. The molecule has 452 valence electrons. The molecule has 0 aromatic carbocycles. The van der Waals surface area contributed by atoms with Gasteiger partial charge in [0.25, 0.3) is 0 Å². The van der Waals surface area contributed by atoms with E-state index in [-0.39, 0.29) is 19.4 Å². The van der Waals surface area contributed by atoms with Crippen molar-refractivity contribution >= 4 is 11.9 Å². The summed E-state index contributed by atoms with van der Waals surface area (Å²) >= 11 is 0. The van der Waals surface area contributed by atoms with Gasteiger partial charge < -0.3 is 45.1 Å². The number of amides is 1. The SMILES string of the molecule is CCCCC/C=C\C/C=C\CCCCCCCCC(O)C(=O)NC(COC1OC(CO)C(O)C(O)C1OC(=O)CCCCCCCCCCCCCCCCCCCCC)C(O)/C=C/CCCCCCCCCCCCC. The zero-order valence-corrected chi connectivity index (χ0v) is 50.1. The summed E-state index contributed by atoms with van der Waals surface area (Å²) in [5.74, 6) is -1.19. The van der Waals surface area contributed by atoms with Crippen molar-refractivity contribution in [3.63, 3.8) is 0 Å². The lowest BCUT2D eigenvalue weighted by Gasteiger charge is -2.41. The maximum Gasteiger partial charge on any atom is 0.306 e. The maximum atomic E-state index is 13.4. The Kier molecular flexibility index (Phi) is 51.6. The van der Waals surface area contributed by atoms with Gasteiger partial charge in [0.2, 0.25) is 5.91 Å². The monoisotopic (exact) mass is 1090 g/mol. The Morgan fingerprint density at radius 2 is 0.896 bits per heavy atom. The standard InChI is InChI=1S/C66H123NO10/c1-4-7-10-13-16-19-22-25-27-29-30-31-33-36-39-42-45-48-51-54-61(71)77-64-63(73)62(72)60(55-68)76-66(64)75-56-57(58(69)52-49-46-43-40-37-34-24-21-18-15-12-9-6-3)67-65(74)59(70)53-50-47-44-41-38-35-32-28-26-23-20-17-14-11-8-5-2/h17,20,26,28,49,52,57-60,62-64,66,68-70,72-73H,4-16,18-19,21-25,27,29-48,50-51,53-56H2,1-3H3,(H,67,74)/b20-17-,28-26-,52-49+. The topological polar surface area (TPSA) is 175 Å². The van der Waals surface area contributed by atoms with Crippen LogP contribution in [0.3, 0.4) is 0 Å². The number of esters is 1. The average Bonchev–Trinajstić information content (AvgIpc) is 3.43. The van der Waals surface area contributed by atoms with E-state index in [2.05, 4.69) is 50.4 Å². The van der Waals surface area contributed by atoms with Gasteiger partial charge in [-0.2, -0.15) is 0 Å². The molecule has 77 heavy (non-hydrogen) atoms. The number of unbranched alkanes of at least 4 members (excludes halogenated alkanes) is 38. The smallest absolute Gasteiger partial charge is 0.306 e. The molecular formula is C66H123NO10. The molecular weight excluding hydrogens is 967 g/mol. The first-order valence-electron chi connectivity index (χ1n) is 32.8. The van der Waals surface area contributed by atoms with E-state index in [9.17, 15) is 35.1 Å². The van der Waals surface area contributed by atoms with E-state index in [1.165, 1.54) is 180 Å². The first-order chi connectivity index (χ1) is 37.7. The highest BCUT2D eigenvalue weighted by atomic mass is 16.7. The normalized spacial score (nSPS) is 19.2. The zero-order valence-electron chi connectivity index (χ0n) is 50.1. The summed E-state index contributed by atoms with van der Waals surface area (Å²) in [7, 11) is 0. The molecule has 1 saturated heterocycles. The van der Waals surface area contributed by atoms with E-state index in [1.54, 1.807) is 6.08 Å². The number of nitrogens with one attached hydrogen (secondary N) is 1. The van der Waals surface area contributed by atoms with Crippen LogP contribution >= 0.6 is 0 Å². The lowest BCUT2D eigenvalue weighted by molar-refractivity contribution is -0.305. The molecule has 1 heterocycles. The van der Waals surface area contributed by atoms with E-state index in [0.717, 1.165) is 83.5 Å². The highest BCUT2D eigenvalue weighted by Crippen LogP contribution is 2.26. The van der Waals surface area contributed by atoms with Gasteiger partial charge in [-0.25, -0.2) is 0 Å². The lowest BCUT2D eigenvalue weighted by atomic mass is 9.99. The van der Waals surface area contributed by atoms with E-state index >= 15 is 0 Å². The fourth-order valence-corrected chi connectivity index (χ4v) is 10.3. The lowest BCUT2D eigenvalue weighted by Crippen LogP contribution is -2.61. The van der Waals surface area contributed by atoms with E-state index < -0.39 is 67.4 Å². The molecule has 1 fully saturated rings. The van der Waals surface area contributed by atoms with Gasteiger partial charge in [-0.15, -0.1) is 0 Å². The average molecular weight is 1090 g/mol. The van der Waals surface area contributed by atoms with Gasteiger partial charge in [0.15, 0.2) is 12.4 Å². The van der Waals surface area contributed by atoms with Crippen LogP contribution in [0.15, 0.2) is 36.5 Å². The maximum absolute atomic E-state index is 13.4. The number of aliphatic hydroxyl groups is 5. The van der Waals surface area contributed by atoms with E-state index in [1.807, 2.05) is 6.08 Å². The second-order valence-corrected chi connectivity index (χ2v) is 22.9. The van der Waals surface area contributed by atoms with Crippen molar-refractivity contribution in [2.45, 2.75) is 359 Å². The first-order valence-corrected chi connectivity index (χ1v) is 32.8. The van der Waals surface area contributed by atoms with Crippen molar-refractivity contribution in [2.24, 2.45) is 0 Å². The molecule has 0 aromatic heterocycles. The van der Waals surface area contributed by atoms with Crippen molar-refractivity contribution in [2.75, 3.05) is 13.2 Å². The molecule has 0 aliphatic carbocycles. The number of aliphatic hydroxyl groups excluding tert-OH is 5. The minimum Gasteiger partial charge on any atom is -0.454 e. The van der Waals surface area contributed by atoms with Crippen LogP contribution in [-0.4, -0.2) is 99.6 Å². The van der Waals surface area contributed by atoms with Crippen LogP contribution in [0.4, 0.5) is 0 Å². The molecule has 8 atom stereocenters. The molecule has 1 amide bonds. The van der Waals surface area contributed by atoms with Crippen molar-refractivity contribution in [1.29, 1.82) is 0 Å². The Labute approximate surface area is 473 Å². The van der Waals surface area contributed by atoms with E-state index in [0.29, 0.717) is 12.8 Å². The zero-order chi connectivity index (χ0) is 56.1. The van der Waals surface area contributed by atoms with Crippen LogP contribution in [0.5, 0.6) is 0 Å². The number of hydrogen-bond donors (Lipinski definition) is 6. The van der Waals surface area contributed by atoms with Gasteiger partial charge >= 0.3 is 5.97 Å². The van der Waals surface area contributed by atoms with Gasteiger partial charge in [0.1, 0.15) is 24.4 Å². The third-order valence-corrected chi connectivity index (χ3v) is 15.5. The summed E-state index contributed by atoms with van der Waals surface area (Å²) in [5, 5.41) is 57.1. The summed E-state index contributed by atoms with van der Waals surface area (Å²) in [6, 6.07) is -1.03. The fourth-order valence-electron chi connectivity index (χ4n) is 10.3. The Morgan fingerprint density at radius 3 is 1.35 bits per heavy atom. The third-order valence-electron chi connectivity index (χ3n) is 15.5. The van der Waals surface area contributed by atoms with Gasteiger partial charge in [-0.1, -0.05) is 282 Å². The minimum atomic E-state index is -1.61. The molecule has 6 N–H and O–H groups in total. The summed E-state index contributed by atoms with van der Waals surface area (Å²) in [6.07, 6.45) is 54.6. The summed E-state index contributed by atoms with van der Waals surface area (Å²) in [5.41, 5.74) is 0. The second kappa shape index (κ2) is 54.5. The molecule has 11 nitrogen and oxygen atoms in total. The quantitative estimate of drug-likeness (QED) is 0.0195. The molecule has 1 aliphatic heterocycles. The van der Waals surface area contributed by atoms with Gasteiger partial charge in [0.05, 0.1) is 25.4 Å². The molecule has 1 rings (SSSR count). The number of carbonyl (C=O) groups excluding carboxylic acids is 2. The van der Waals surface area contributed by atoms with Crippen molar-refractivity contribution in [3.8, 4) is 0 Å². The first kappa shape index (κ1) is 72.9.